The smallest absolute Gasteiger partial charge is 0.328 e. The lowest BCUT2D eigenvalue weighted by Gasteiger charge is -2.09. The van der Waals surface area contributed by atoms with E-state index in [1.165, 1.54) is 6.08 Å². The van der Waals surface area contributed by atoms with Crippen molar-refractivity contribution in [1.82, 2.24) is 20.2 Å². The summed E-state index contributed by atoms with van der Waals surface area (Å²) < 4.78 is 1.68. The predicted octanol–water partition coefficient (Wildman–Crippen LogP) is 2.10. The second kappa shape index (κ2) is 5.96. The molecule has 0 radical (unpaired) electrons. The van der Waals surface area contributed by atoms with Gasteiger partial charge in [-0.2, -0.15) is 0 Å². The first-order valence-electron chi connectivity index (χ1n) is 6.12. The van der Waals surface area contributed by atoms with Gasteiger partial charge < -0.3 is 10.4 Å². The number of rotatable bonds is 5. The maximum absolute atomic E-state index is 10.4. The summed E-state index contributed by atoms with van der Waals surface area (Å²) in [5.74, 6) is -0.405. The van der Waals surface area contributed by atoms with Gasteiger partial charge in [0.05, 0.1) is 6.04 Å². The molecule has 0 unspecified atom stereocenters. The van der Waals surface area contributed by atoms with Crippen LogP contribution in [0.25, 0.3) is 6.08 Å². The number of carboxylic acids is 1. The Hall–Kier alpha value is -2.70. The number of hydrogen-bond acceptors (Lipinski definition) is 5. The molecule has 0 saturated carbocycles. The summed E-state index contributed by atoms with van der Waals surface area (Å²) in [7, 11) is 0. The van der Waals surface area contributed by atoms with Gasteiger partial charge in [-0.05, 0) is 48.0 Å². The molecule has 2 aromatic rings. The lowest BCUT2D eigenvalue weighted by atomic mass is 10.2. The Balaban J connectivity index is 2.11. The molecule has 1 aromatic heterocycles. The van der Waals surface area contributed by atoms with Crippen LogP contribution in [0.4, 0.5) is 11.6 Å². The Morgan fingerprint density at radius 2 is 2.05 bits per heavy atom. The quantitative estimate of drug-likeness (QED) is 0.810. The number of carboxylic acid groups (broad SMARTS) is 1. The Morgan fingerprint density at radius 1 is 1.35 bits per heavy atom. The van der Waals surface area contributed by atoms with Crippen LogP contribution in [0, 0.1) is 0 Å². The van der Waals surface area contributed by atoms with Crippen LogP contribution in [-0.2, 0) is 4.79 Å². The lowest BCUT2D eigenvalue weighted by Crippen LogP contribution is -2.07. The predicted molar refractivity (Wildman–Crippen MR) is 74.6 cm³/mol. The summed E-state index contributed by atoms with van der Waals surface area (Å²) in [5.41, 5.74) is 1.63. The maximum Gasteiger partial charge on any atom is 0.328 e. The summed E-state index contributed by atoms with van der Waals surface area (Å²) in [6, 6.07) is 7.45. The Bertz CT molecular complexity index is 616. The van der Waals surface area contributed by atoms with Gasteiger partial charge in [0.25, 0.3) is 0 Å². The molecule has 104 valence electrons. The highest BCUT2D eigenvalue weighted by Gasteiger charge is 2.08. The number of benzene rings is 1. The van der Waals surface area contributed by atoms with Crippen molar-refractivity contribution in [3.05, 3.63) is 35.9 Å². The zero-order chi connectivity index (χ0) is 14.5. The molecule has 0 saturated heterocycles. The average molecular weight is 273 g/mol. The van der Waals surface area contributed by atoms with Crippen LogP contribution in [-0.4, -0.2) is 31.3 Å². The molecule has 0 amide bonds. The van der Waals surface area contributed by atoms with E-state index in [0.29, 0.717) is 5.95 Å². The molecule has 0 aliphatic heterocycles. The lowest BCUT2D eigenvalue weighted by molar-refractivity contribution is -0.131. The van der Waals surface area contributed by atoms with E-state index in [1.54, 1.807) is 4.68 Å². The highest BCUT2D eigenvalue weighted by atomic mass is 16.4. The van der Waals surface area contributed by atoms with E-state index in [-0.39, 0.29) is 6.04 Å². The van der Waals surface area contributed by atoms with Gasteiger partial charge in [0.1, 0.15) is 0 Å². The summed E-state index contributed by atoms with van der Waals surface area (Å²) in [5, 5.41) is 23.1. The molecule has 20 heavy (non-hydrogen) atoms. The first kappa shape index (κ1) is 13.7. The van der Waals surface area contributed by atoms with Crippen LogP contribution in [0.1, 0.15) is 25.5 Å². The number of nitrogens with zero attached hydrogens (tertiary/aromatic N) is 4. The Labute approximate surface area is 115 Å². The first-order valence-corrected chi connectivity index (χ1v) is 6.12. The van der Waals surface area contributed by atoms with E-state index in [0.717, 1.165) is 17.3 Å². The molecule has 0 fully saturated rings. The molecule has 0 aliphatic carbocycles. The van der Waals surface area contributed by atoms with E-state index in [1.807, 2.05) is 38.1 Å². The van der Waals surface area contributed by atoms with Gasteiger partial charge in [0, 0.05) is 11.8 Å². The second-order valence-electron chi connectivity index (χ2n) is 4.46. The third-order valence-electron chi connectivity index (χ3n) is 2.57. The molecule has 0 bridgehead atoms. The molecule has 0 aliphatic rings. The minimum absolute atomic E-state index is 0.158. The van der Waals surface area contributed by atoms with Gasteiger partial charge in [0.15, 0.2) is 0 Å². The summed E-state index contributed by atoms with van der Waals surface area (Å²) in [4.78, 5) is 10.4. The van der Waals surface area contributed by atoms with Crippen molar-refractivity contribution in [2.45, 2.75) is 19.9 Å². The molecule has 7 heteroatoms. The molecule has 7 nitrogen and oxygen atoms in total. The molecule has 0 spiro atoms. The molecule has 1 heterocycles. The minimum atomic E-state index is -0.969. The fourth-order valence-electron chi connectivity index (χ4n) is 1.60. The third kappa shape index (κ3) is 3.41. The van der Waals surface area contributed by atoms with E-state index in [4.69, 9.17) is 5.11 Å². The zero-order valence-corrected chi connectivity index (χ0v) is 11.2. The fraction of sp³-hybridized carbons (Fsp3) is 0.231. The minimum Gasteiger partial charge on any atom is -0.478 e. The summed E-state index contributed by atoms with van der Waals surface area (Å²) >= 11 is 0. The summed E-state index contributed by atoms with van der Waals surface area (Å²) in [6.45, 7) is 3.97. The SMILES string of the molecule is CC(C)n1nnnc1Nc1ccc(/C=C/C(=O)O)cc1. The topological polar surface area (TPSA) is 92.9 Å². The van der Waals surface area contributed by atoms with Gasteiger partial charge >= 0.3 is 5.97 Å². The number of carbonyl (C=O) groups is 1. The van der Waals surface area contributed by atoms with E-state index >= 15 is 0 Å². The Kier molecular flexibility index (Phi) is 4.09. The highest BCUT2D eigenvalue weighted by molar-refractivity contribution is 5.85. The largest absolute Gasteiger partial charge is 0.478 e. The second-order valence-corrected chi connectivity index (χ2v) is 4.46. The standard InChI is InChI=1S/C13H15N5O2/c1-9(2)18-13(15-16-17-18)14-11-6-3-10(4-7-11)5-8-12(19)20/h3-9H,1-2H3,(H,19,20)(H,14,15,17)/b8-5+. The maximum atomic E-state index is 10.4. The van der Waals surface area contributed by atoms with Crippen molar-refractivity contribution in [2.75, 3.05) is 5.32 Å². The Morgan fingerprint density at radius 3 is 2.65 bits per heavy atom. The van der Waals surface area contributed by atoms with Crippen molar-refractivity contribution >= 4 is 23.7 Å². The van der Waals surface area contributed by atoms with E-state index in [9.17, 15) is 4.79 Å². The van der Waals surface area contributed by atoms with Crippen LogP contribution in [0.5, 0.6) is 0 Å². The summed E-state index contributed by atoms with van der Waals surface area (Å²) in [6.07, 6.45) is 2.63. The van der Waals surface area contributed by atoms with Gasteiger partial charge in [-0.15, -0.1) is 0 Å². The van der Waals surface area contributed by atoms with Crippen LogP contribution in [0.15, 0.2) is 30.3 Å². The van der Waals surface area contributed by atoms with Gasteiger partial charge in [-0.1, -0.05) is 17.2 Å². The van der Waals surface area contributed by atoms with Gasteiger partial charge in [0.2, 0.25) is 5.95 Å². The normalized spacial score (nSPS) is 11.2. The number of tetrazole rings is 1. The molecule has 2 N–H and O–H groups in total. The van der Waals surface area contributed by atoms with Crippen LogP contribution < -0.4 is 5.32 Å². The average Bonchev–Trinajstić information content (AvgIpc) is 2.86. The van der Waals surface area contributed by atoms with Crippen molar-refractivity contribution in [2.24, 2.45) is 0 Å². The number of aliphatic carboxylic acids is 1. The number of hydrogen-bond donors (Lipinski definition) is 2. The fourth-order valence-corrected chi connectivity index (χ4v) is 1.60. The van der Waals surface area contributed by atoms with Crippen LogP contribution in [0.3, 0.4) is 0 Å². The third-order valence-corrected chi connectivity index (χ3v) is 2.57. The van der Waals surface area contributed by atoms with E-state index < -0.39 is 5.97 Å². The van der Waals surface area contributed by atoms with Crippen LogP contribution >= 0.6 is 0 Å². The van der Waals surface area contributed by atoms with Crippen LogP contribution in [0.2, 0.25) is 0 Å². The number of anilines is 2. The number of aromatic nitrogens is 4. The van der Waals surface area contributed by atoms with Gasteiger partial charge in [-0.25, -0.2) is 9.48 Å². The number of nitrogens with one attached hydrogen (secondary N) is 1. The molecular weight excluding hydrogens is 258 g/mol. The van der Waals surface area contributed by atoms with Crippen molar-refractivity contribution in [1.29, 1.82) is 0 Å². The zero-order valence-electron chi connectivity index (χ0n) is 11.2. The van der Waals surface area contributed by atoms with E-state index in [2.05, 4.69) is 20.8 Å². The van der Waals surface area contributed by atoms with Crippen molar-refractivity contribution in [3.63, 3.8) is 0 Å². The molecule has 1 aromatic carbocycles. The molecule has 2 rings (SSSR count). The first-order chi connectivity index (χ1) is 9.56. The highest BCUT2D eigenvalue weighted by Crippen LogP contribution is 2.17. The van der Waals surface area contributed by atoms with Crippen molar-refractivity contribution in [3.8, 4) is 0 Å². The monoisotopic (exact) mass is 273 g/mol. The van der Waals surface area contributed by atoms with Gasteiger partial charge in [-0.3, -0.25) is 0 Å². The van der Waals surface area contributed by atoms with Crippen molar-refractivity contribution < 1.29 is 9.90 Å². The molecular formula is C13H15N5O2. The molecule has 0 atom stereocenters.